The molecule has 1 unspecified atom stereocenters. The van der Waals surface area contributed by atoms with Crippen molar-refractivity contribution in [3.8, 4) is 0 Å². The van der Waals surface area contributed by atoms with E-state index in [9.17, 15) is 0 Å². The minimum Gasteiger partial charge on any atom is -0.383 e. The normalized spacial score (nSPS) is 12.2. The minimum absolute atomic E-state index is 0.217. The fourth-order valence-corrected chi connectivity index (χ4v) is 1.58. The number of hydrogen-bond donors (Lipinski definition) is 0. The van der Waals surface area contributed by atoms with Gasteiger partial charge < -0.3 is 4.84 Å². The van der Waals surface area contributed by atoms with E-state index in [0.717, 1.165) is 11.1 Å². The lowest BCUT2D eigenvalue weighted by Gasteiger charge is -2.10. The molecule has 0 aliphatic heterocycles. The van der Waals surface area contributed by atoms with E-state index in [-0.39, 0.29) is 6.10 Å². The highest BCUT2D eigenvalue weighted by molar-refractivity contribution is 5.78. The lowest BCUT2D eigenvalue weighted by Crippen LogP contribution is -1.96. The largest absolute Gasteiger partial charge is 0.383 e. The second-order valence-electron chi connectivity index (χ2n) is 3.82. The van der Waals surface area contributed by atoms with Crippen LogP contribution in [0.25, 0.3) is 0 Å². The smallest absolute Gasteiger partial charge is 0.170 e. The molecule has 2 heteroatoms. The lowest BCUT2D eigenvalue weighted by atomic mass is 10.1. The molecule has 2 aromatic rings. The van der Waals surface area contributed by atoms with Gasteiger partial charge in [0, 0.05) is 0 Å². The number of oxime groups is 1. The highest BCUT2D eigenvalue weighted by atomic mass is 16.6. The van der Waals surface area contributed by atoms with Crippen LogP contribution in [0.5, 0.6) is 0 Å². The number of benzene rings is 2. The topological polar surface area (TPSA) is 21.6 Å². The van der Waals surface area contributed by atoms with Crippen molar-refractivity contribution in [1.29, 1.82) is 0 Å². The van der Waals surface area contributed by atoms with Crippen molar-refractivity contribution in [2.24, 2.45) is 5.16 Å². The minimum atomic E-state index is -0.217. The molecule has 90 valence electrons. The fraction of sp³-hybridized carbons (Fsp3) is 0.0625. The van der Waals surface area contributed by atoms with E-state index in [4.69, 9.17) is 4.84 Å². The zero-order valence-corrected chi connectivity index (χ0v) is 10.1. The highest BCUT2D eigenvalue weighted by Gasteiger charge is 2.06. The Hall–Kier alpha value is -2.35. The molecule has 2 aromatic carbocycles. The summed E-state index contributed by atoms with van der Waals surface area (Å²) < 4.78 is 0. The molecule has 0 aliphatic carbocycles. The summed E-state index contributed by atoms with van der Waals surface area (Å²) in [7, 11) is 0. The van der Waals surface area contributed by atoms with E-state index < -0.39 is 0 Å². The summed E-state index contributed by atoms with van der Waals surface area (Å²) in [6, 6.07) is 19.7. The third-order valence-corrected chi connectivity index (χ3v) is 2.52. The second kappa shape index (κ2) is 6.40. The van der Waals surface area contributed by atoms with Crippen molar-refractivity contribution in [3.05, 3.63) is 84.4 Å². The zero-order chi connectivity index (χ0) is 12.6. The van der Waals surface area contributed by atoms with E-state index in [1.54, 1.807) is 12.3 Å². The Morgan fingerprint density at radius 2 is 1.56 bits per heavy atom. The maximum absolute atomic E-state index is 5.43. The third kappa shape index (κ3) is 3.32. The van der Waals surface area contributed by atoms with Gasteiger partial charge in [0.25, 0.3) is 0 Å². The zero-order valence-electron chi connectivity index (χ0n) is 10.1. The molecule has 0 saturated heterocycles. The molecule has 0 aromatic heterocycles. The van der Waals surface area contributed by atoms with Crippen LogP contribution in [0.2, 0.25) is 0 Å². The quantitative estimate of drug-likeness (QED) is 0.438. The molecule has 0 aliphatic rings. The Kier molecular flexibility index (Phi) is 4.31. The lowest BCUT2D eigenvalue weighted by molar-refractivity contribution is 0.0945. The summed E-state index contributed by atoms with van der Waals surface area (Å²) in [6.45, 7) is 3.76. The summed E-state index contributed by atoms with van der Waals surface area (Å²) in [5.74, 6) is 0. The SMILES string of the molecule is C=CC(O/N=C/c1ccccc1)c1ccccc1. The molecule has 0 fully saturated rings. The Bertz CT molecular complexity index is 505. The van der Waals surface area contributed by atoms with Crippen LogP contribution in [0.3, 0.4) is 0 Å². The van der Waals surface area contributed by atoms with E-state index in [0.29, 0.717) is 0 Å². The molecule has 0 radical (unpaired) electrons. The van der Waals surface area contributed by atoms with Crippen LogP contribution in [0, 0.1) is 0 Å². The first kappa shape index (κ1) is 12.1. The molecular formula is C16H15NO. The molecule has 1 atom stereocenters. The van der Waals surface area contributed by atoms with Gasteiger partial charge in [-0.15, -0.1) is 0 Å². The van der Waals surface area contributed by atoms with E-state index in [1.807, 2.05) is 60.7 Å². The molecule has 0 N–H and O–H groups in total. The summed E-state index contributed by atoms with van der Waals surface area (Å²) in [6.07, 6.45) is 3.21. The Morgan fingerprint density at radius 1 is 0.944 bits per heavy atom. The highest BCUT2D eigenvalue weighted by Crippen LogP contribution is 2.17. The van der Waals surface area contributed by atoms with Gasteiger partial charge in [0.2, 0.25) is 0 Å². The molecule has 0 spiro atoms. The third-order valence-electron chi connectivity index (χ3n) is 2.52. The molecule has 0 bridgehead atoms. The van der Waals surface area contributed by atoms with Gasteiger partial charge in [-0.25, -0.2) is 0 Å². The van der Waals surface area contributed by atoms with Crippen LogP contribution in [0.1, 0.15) is 17.2 Å². The Balaban J connectivity index is 2.00. The van der Waals surface area contributed by atoms with Crippen LogP contribution >= 0.6 is 0 Å². The maximum atomic E-state index is 5.43. The van der Waals surface area contributed by atoms with Crippen LogP contribution < -0.4 is 0 Å². The van der Waals surface area contributed by atoms with Crippen LogP contribution in [0.4, 0.5) is 0 Å². The molecular weight excluding hydrogens is 222 g/mol. The first-order chi connectivity index (χ1) is 8.90. The van der Waals surface area contributed by atoms with Gasteiger partial charge in [0.05, 0.1) is 6.21 Å². The predicted octanol–water partition coefficient (Wildman–Crippen LogP) is 3.96. The van der Waals surface area contributed by atoms with Gasteiger partial charge in [0.1, 0.15) is 0 Å². The fourth-order valence-electron chi connectivity index (χ4n) is 1.58. The monoisotopic (exact) mass is 237 g/mol. The molecule has 0 amide bonds. The Labute approximate surface area is 107 Å². The second-order valence-corrected chi connectivity index (χ2v) is 3.82. The van der Waals surface area contributed by atoms with Gasteiger partial charge in [-0.1, -0.05) is 72.4 Å². The van der Waals surface area contributed by atoms with Crippen molar-refractivity contribution in [1.82, 2.24) is 0 Å². The predicted molar refractivity (Wildman–Crippen MR) is 74.5 cm³/mol. The maximum Gasteiger partial charge on any atom is 0.170 e. The van der Waals surface area contributed by atoms with E-state index >= 15 is 0 Å². The van der Waals surface area contributed by atoms with Crippen molar-refractivity contribution >= 4 is 6.21 Å². The summed E-state index contributed by atoms with van der Waals surface area (Å²) in [4.78, 5) is 5.43. The Morgan fingerprint density at radius 3 is 2.17 bits per heavy atom. The van der Waals surface area contributed by atoms with Crippen LogP contribution in [-0.2, 0) is 4.84 Å². The van der Waals surface area contributed by atoms with Gasteiger partial charge in [-0.05, 0) is 17.2 Å². The molecule has 0 saturated carbocycles. The van der Waals surface area contributed by atoms with E-state index in [2.05, 4.69) is 11.7 Å². The van der Waals surface area contributed by atoms with Gasteiger partial charge in [-0.3, -0.25) is 0 Å². The van der Waals surface area contributed by atoms with Gasteiger partial charge in [-0.2, -0.15) is 0 Å². The number of rotatable bonds is 5. The first-order valence-corrected chi connectivity index (χ1v) is 5.82. The standard InChI is InChI=1S/C16H15NO/c1-2-16(15-11-7-4-8-12-15)18-17-13-14-9-5-3-6-10-14/h2-13,16H,1H2/b17-13+. The number of nitrogens with zero attached hydrogens (tertiary/aromatic N) is 1. The van der Waals surface area contributed by atoms with Gasteiger partial charge >= 0.3 is 0 Å². The van der Waals surface area contributed by atoms with Gasteiger partial charge in [0.15, 0.2) is 6.10 Å². The van der Waals surface area contributed by atoms with Crippen molar-refractivity contribution in [2.75, 3.05) is 0 Å². The molecule has 0 heterocycles. The molecule has 2 nitrogen and oxygen atoms in total. The molecule has 18 heavy (non-hydrogen) atoms. The molecule has 2 rings (SSSR count). The van der Waals surface area contributed by atoms with Crippen molar-refractivity contribution < 1.29 is 4.84 Å². The first-order valence-electron chi connectivity index (χ1n) is 5.82. The van der Waals surface area contributed by atoms with Crippen LogP contribution in [-0.4, -0.2) is 6.21 Å². The van der Waals surface area contributed by atoms with Crippen molar-refractivity contribution in [2.45, 2.75) is 6.10 Å². The average molecular weight is 237 g/mol. The number of hydrogen-bond acceptors (Lipinski definition) is 2. The summed E-state index contributed by atoms with van der Waals surface area (Å²) in [5, 5.41) is 3.99. The van der Waals surface area contributed by atoms with Crippen molar-refractivity contribution in [3.63, 3.8) is 0 Å². The van der Waals surface area contributed by atoms with E-state index in [1.165, 1.54) is 0 Å². The summed E-state index contributed by atoms with van der Waals surface area (Å²) >= 11 is 0. The average Bonchev–Trinajstić information content (AvgIpc) is 2.46. The summed E-state index contributed by atoms with van der Waals surface area (Å²) in [5.41, 5.74) is 2.05. The van der Waals surface area contributed by atoms with Crippen LogP contribution in [0.15, 0.2) is 78.5 Å².